The van der Waals surface area contributed by atoms with E-state index in [1.807, 2.05) is 0 Å². The van der Waals surface area contributed by atoms with Gasteiger partial charge in [-0.15, -0.1) is 0 Å². The van der Waals surface area contributed by atoms with Crippen LogP contribution in [0.15, 0.2) is 0 Å². The van der Waals surface area contributed by atoms with Crippen LogP contribution in [0.3, 0.4) is 0 Å². The van der Waals surface area contributed by atoms with E-state index in [1.165, 1.54) is 0 Å². The third-order valence-corrected chi connectivity index (χ3v) is 0.211. The molecule has 5 heavy (non-hydrogen) atoms. The molecule has 0 saturated carbocycles. The topological polar surface area (TPSA) is 46.2 Å². The Labute approximate surface area is 32.4 Å². The van der Waals surface area contributed by atoms with Gasteiger partial charge in [-0.1, -0.05) is 0 Å². The van der Waals surface area contributed by atoms with E-state index >= 15 is 0 Å². The Kier molecular flexibility index (Phi) is 2.23. The summed E-state index contributed by atoms with van der Waals surface area (Å²) in [5, 5.41) is 7.89. The summed E-state index contributed by atoms with van der Waals surface area (Å²) in [6, 6.07) is 0. The maximum Gasteiger partial charge on any atom is 0.0934 e. The average Bonchev–Trinajstić information content (AvgIpc) is 1.38. The highest BCUT2D eigenvalue weighted by atomic mass is 16.3. The van der Waals surface area contributed by atoms with E-state index in [1.54, 1.807) is 0 Å². The van der Waals surface area contributed by atoms with Gasteiger partial charge >= 0.3 is 0 Å². The number of aliphatic hydroxyl groups is 1. The molecule has 0 rings (SSSR count). The standard InChI is InChI=1S/C2H6BNO/c3-2(4)1-5/h2,5H,1,4H2/t2-/m0/s1. The van der Waals surface area contributed by atoms with E-state index in [-0.39, 0.29) is 6.61 Å². The number of hydrogen-bond acceptors (Lipinski definition) is 2. The number of hydrogen-bond donors (Lipinski definition) is 2. The molecule has 3 heteroatoms. The first-order chi connectivity index (χ1) is 2.27. The molecule has 0 aromatic rings. The zero-order chi connectivity index (χ0) is 4.28. The van der Waals surface area contributed by atoms with E-state index in [0.29, 0.717) is 0 Å². The maximum absolute atomic E-state index is 7.89. The highest BCUT2D eigenvalue weighted by molar-refractivity contribution is 6.11. The van der Waals surface area contributed by atoms with Gasteiger partial charge in [0.1, 0.15) is 0 Å². The molecule has 0 unspecified atom stereocenters. The smallest absolute Gasteiger partial charge is 0.0934 e. The van der Waals surface area contributed by atoms with Crippen LogP contribution >= 0.6 is 0 Å². The lowest BCUT2D eigenvalue weighted by Gasteiger charge is -1.91. The van der Waals surface area contributed by atoms with Gasteiger partial charge in [0.05, 0.1) is 7.85 Å². The van der Waals surface area contributed by atoms with Crippen LogP contribution in [-0.4, -0.2) is 25.5 Å². The summed E-state index contributed by atoms with van der Waals surface area (Å²) in [5.74, 6) is -0.560. The lowest BCUT2D eigenvalue weighted by Crippen LogP contribution is -2.23. The van der Waals surface area contributed by atoms with E-state index in [2.05, 4.69) is 0 Å². The minimum atomic E-state index is -0.560. The zero-order valence-corrected chi connectivity index (χ0v) is 2.89. The largest absolute Gasteiger partial charge is 0.396 e. The van der Waals surface area contributed by atoms with Gasteiger partial charge in [0.2, 0.25) is 0 Å². The lowest BCUT2D eigenvalue weighted by atomic mass is 10.00. The van der Waals surface area contributed by atoms with Crippen molar-refractivity contribution in [3.8, 4) is 0 Å². The van der Waals surface area contributed by atoms with E-state index in [9.17, 15) is 0 Å². The fourth-order valence-electron chi connectivity index (χ4n) is 0. The van der Waals surface area contributed by atoms with E-state index < -0.39 is 5.94 Å². The van der Waals surface area contributed by atoms with Crippen LogP contribution in [-0.2, 0) is 0 Å². The van der Waals surface area contributed by atoms with Crippen molar-refractivity contribution in [3.05, 3.63) is 0 Å². The van der Waals surface area contributed by atoms with Crippen LogP contribution in [0.2, 0.25) is 0 Å². The molecule has 0 aliphatic heterocycles. The molecule has 0 spiro atoms. The molecular formula is C2H6BNO. The number of nitrogens with two attached hydrogens (primary N) is 1. The second-order valence-corrected chi connectivity index (χ2v) is 0.846. The van der Waals surface area contributed by atoms with Crippen molar-refractivity contribution < 1.29 is 5.11 Å². The fraction of sp³-hybridized carbons (Fsp3) is 1.00. The summed E-state index contributed by atoms with van der Waals surface area (Å²) < 4.78 is 0. The summed E-state index contributed by atoms with van der Waals surface area (Å²) in [6.07, 6.45) is 0. The first-order valence-electron chi connectivity index (χ1n) is 1.39. The molecule has 0 bridgehead atoms. The second-order valence-electron chi connectivity index (χ2n) is 0.846. The molecule has 28 valence electrons. The van der Waals surface area contributed by atoms with Crippen molar-refractivity contribution in [1.29, 1.82) is 0 Å². The molecule has 0 fully saturated rings. The third kappa shape index (κ3) is 3.98. The Morgan fingerprint density at radius 2 is 2.20 bits per heavy atom. The first-order valence-corrected chi connectivity index (χ1v) is 1.39. The van der Waals surface area contributed by atoms with Crippen molar-refractivity contribution >= 4 is 7.85 Å². The molecule has 0 amide bonds. The van der Waals surface area contributed by atoms with Gasteiger partial charge in [0.25, 0.3) is 0 Å². The number of rotatable bonds is 1. The van der Waals surface area contributed by atoms with Gasteiger partial charge < -0.3 is 10.8 Å². The van der Waals surface area contributed by atoms with Crippen molar-refractivity contribution in [2.24, 2.45) is 5.73 Å². The minimum Gasteiger partial charge on any atom is -0.396 e. The third-order valence-electron chi connectivity index (χ3n) is 0.211. The molecular weight excluding hydrogens is 64.8 g/mol. The Bertz CT molecular complexity index is 23.6. The number of aliphatic hydroxyl groups excluding tert-OH is 1. The summed E-state index contributed by atoms with van der Waals surface area (Å²) in [4.78, 5) is 0. The molecule has 0 aromatic heterocycles. The van der Waals surface area contributed by atoms with Crippen molar-refractivity contribution in [2.75, 3.05) is 6.61 Å². The molecule has 0 heterocycles. The SMILES string of the molecule is [B][C@@H](N)CO. The Morgan fingerprint density at radius 1 is 2.00 bits per heavy atom. The van der Waals surface area contributed by atoms with E-state index in [0.717, 1.165) is 0 Å². The van der Waals surface area contributed by atoms with Crippen LogP contribution in [0.4, 0.5) is 0 Å². The summed E-state index contributed by atoms with van der Waals surface area (Å²) >= 11 is 0. The Balaban J connectivity index is 2.54. The predicted octanol–water partition coefficient (Wildman–Crippen LogP) is -1.57. The fourth-order valence-corrected chi connectivity index (χ4v) is 0. The molecule has 3 N–H and O–H groups in total. The van der Waals surface area contributed by atoms with E-state index in [4.69, 9.17) is 18.7 Å². The first kappa shape index (κ1) is 4.98. The quantitative estimate of drug-likeness (QED) is 0.367. The zero-order valence-electron chi connectivity index (χ0n) is 2.89. The molecule has 2 nitrogen and oxygen atoms in total. The normalized spacial score (nSPS) is 14.8. The highest BCUT2D eigenvalue weighted by Gasteiger charge is 1.81. The summed E-state index contributed by atoms with van der Waals surface area (Å²) in [7, 11) is 4.82. The molecule has 0 aliphatic rings. The highest BCUT2D eigenvalue weighted by Crippen LogP contribution is 1.54. The van der Waals surface area contributed by atoms with Gasteiger partial charge in [0.15, 0.2) is 0 Å². The molecule has 1 atom stereocenters. The van der Waals surface area contributed by atoms with Crippen LogP contribution in [0, 0.1) is 0 Å². The van der Waals surface area contributed by atoms with Gasteiger partial charge in [-0.3, -0.25) is 0 Å². The Hall–Kier alpha value is -0.0151. The van der Waals surface area contributed by atoms with Crippen molar-refractivity contribution in [3.63, 3.8) is 0 Å². The predicted molar refractivity (Wildman–Crippen MR) is 20.8 cm³/mol. The molecule has 0 aliphatic carbocycles. The summed E-state index contributed by atoms with van der Waals surface area (Å²) in [5.41, 5.74) is 4.82. The molecule has 0 saturated heterocycles. The van der Waals surface area contributed by atoms with Crippen LogP contribution in [0.1, 0.15) is 0 Å². The second kappa shape index (κ2) is 2.24. The van der Waals surface area contributed by atoms with Gasteiger partial charge in [-0.05, 0) is 5.94 Å². The minimum absolute atomic E-state index is 0.139. The monoisotopic (exact) mass is 71.1 g/mol. The van der Waals surface area contributed by atoms with Gasteiger partial charge in [-0.25, -0.2) is 0 Å². The van der Waals surface area contributed by atoms with Crippen molar-refractivity contribution in [1.82, 2.24) is 0 Å². The maximum atomic E-state index is 7.89. The average molecular weight is 70.9 g/mol. The lowest BCUT2D eigenvalue weighted by molar-refractivity contribution is 0.294. The summed E-state index contributed by atoms with van der Waals surface area (Å²) in [6.45, 7) is -0.139. The van der Waals surface area contributed by atoms with Gasteiger partial charge in [0, 0.05) is 6.61 Å². The van der Waals surface area contributed by atoms with Crippen LogP contribution < -0.4 is 5.73 Å². The molecule has 2 radical (unpaired) electrons. The van der Waals surface area contributed by atoms with Crippen LogP contribution in [0.5, 0.6) is 0 Å². The van der Waals surface area contributed by atoms with Gasteiger partial charge in [-0.2, -0.15) is 0 Å². The van der Waals surface area contributed by atoms with Crippen LogP contribution in [0.25, 0.3) is 0 Å². The Morgan fingerprint density at radius 3 is 2.20 bits per heavy atom. The van der Waals surface area contributed by atoms with Crippen molar-refractivity contribution in [2.45, 2.75) is 5.94 Å². The molecule has 0 aromatic carbocycles.